The second-order valence-corrected chi connectivity index (χ2v) is 8.07. The lowest BCUT2D eigenvalue weighted by atomic mass is 10.2. The van der Waals surface area contributed by atoms with Gasteiger partial charge in [0.1, 0.15) is 5.82 Å². The van der Waals surface area contributed by atoms with Crippen LogP contribution in [0.1, 0.15) is 5.56 Å². The Morgan fingerprint density at radius 2 is 1.67 bits per heavy atom. The number of hydrogen-bond donors (Lipinski definition) is 0. The molecule has 0 amide bonds. The molecule has 0 radical (unpaired) electrons. The van der Waals surface area contributed by atoms with E-state index in [0.29, 0.717) is 42.6 Å². The molecule has 0 bridgehead atoms. The second-order valence-electron chi connectivity index (χ2n) is 5.73. The van der Waals surface area contributed by atoms with Crippen molar-refractivity contribution >= 4 is 21.6 Å². The Morgan fingerprint density at radius 3 is 2.29 bits per heavy atom. The number of piperazine rings is 1. The van der Waals surface area contributed by atoms with Crippen LogP contribution in [0.5, 0.6) is 0 Å². The van der Waals surface area contributed by atoms with Gasteiger partial charge in [0, 0.05) is 37.7 Å². The van der Waals surface area contributed by atoms with Gasteiger partial charge in [-0.15, -0.1) is 0 Å². The summed E-state index contributed by atoms with van der Waals surface area (Å²) in [4.78, 5) is 2.44. The van der Waals surface area contributed by atoms with E-state index in [-0.39, 0.29) is 5.82 Å². The third kappa shape index (κ3) is 3.78. The summed E-state index contributed by atoms with van der Waals surface area (Å²) in [5, 5.41) is 0.398. The molecule has 128 valence electrons. The molecule has 0 atom stereocenters. The van der Waals surface area contributed by atoms with Gasteiger partial charge in [0.2, 0.25) is 10.0 Å². The molecular weight excluding hydrogens is 351 g/mol. The van der Waals surface area contributed by atoms with Crippen LogP contribution in [-0.2, 0) is 16.6 Å². The topological polar surface area (TPSA) is 40.6 Å². The summed E-state index contributed by atoms with van der Waals surface area (Å²) in [5.74, 6) is -0.359. The number of nitrogens with zero attached hydrogens (tertiary/aromatic N) is 2. The van der Waals surface area contributed by atoms with Crippen LogP contribution in [0.4, 0.5) is 4.39 Å². The van der Waals surface area contributed by atoms with Crippen molar-refractivity contribution in [2.45, 2.75) is 11.4 Å². The Bertz CT molecular complexity index is 807. The molecule has 2 aromatic rings. The maximum absolute atomic E-state index is 13.1. The zero-order valence-corrected chi connectivity index (χ0v) is 14.6. The molecule has 1 aliphatic rings. The number of hydrogen-bond acceptors (Lipinski definition) is 3. The highest BCUT2D eigenvalue weighted by molar-refractivity contribution is 7.89. The Labute approximate surface area is 146 Å². The SMILES string of the molecule is O=S(=O)(c1ccccc1)N1CCN(Cc2ccc(F)cc2Cl)CC1. The fourth-order valence-electron chi connectivity index (χ4n) is 2.76. The molecule has 1 fully saturated rings. The summed E-state index contributed by atoms with van der Waals surface area (Å²) in [5.41, 5.74) is 0.845. The number of sulfonamides is 1. The van der Waals surface area contributed by atoms with Gasteiger partial charge < -0.3 is 0 Å². The number of halogens is 2. The standard InChI is InChI=1S/C17H18ClFN2O2S/c18-17-12-15(19)7-6-14(17)13-20-8-10-21(11-9-20)24(22,23)16-4-2-1-3-5-16/h1-7,12H,8-11,13H2. The molecule has 0 unspecified atom stereocenters. The summed E-state index contributed by atoms with van der Waals surface area (Å²) in [6, 6.07) is 12.8. The van der Waals surface area contributed by atoms with E-state index in [9.17, 15) is 12.8 Å². The zero-order chi connectivity index (χ0) is 17.2. The summed E-state index contributed by atoms with van der Waals surface area (Å²) in [7, 11) is -3.44. The lowest BCUT2D eigenvalue weighted by Crippen LogP contribution is -2.48. The first-order valence-corrected chi connectivity index (χ1v) is 9.50. The third-order valence-corrected chi connectivity index (χ3v) is 6.39. The van der Waals surface area contributed by atoms with Crippen molar-refractivity contribution in [1.82, 2.24) is 9.21 Å². The van der Waals surface area contributed by atoms with E-state index in [1.54, 1.807) is 36.4 Å². The quantitative estimate of drug-likeness (QED) is 0.833. The molecule has 0 N–H and O–H groups in total. The molecule has 3 rings (SSSR count). The largest absolute Gasteiger partial charge is 0.296 e. The van der Waals surface area contributed by atoms with Gasteiger partial charge in [-0.05, 0) is 29.8 Å². The van der Waals surface area contributed by atoms with Crippen molar-refractivity contribution in [1.29, 1.82) is 0 Å². The molecule has 7 heteroatoms. The normalized spacial score (nSPS) is 17.1. The van der Waals surface area contributed by atoms with Crippen LogP contribution < -0.4 is 0 Å². The molecule has 0 saturated carbocycles. The van der Waals surface area contributed by atoms with Gasteiger partial charge >= 0.3 is 0 Å². The Kier molecular flexibility index (Phi) is 5.20. The fraction of sp³-hybridized carbons (Fsp3) is 0.294. The maximum Gasteiger partial charge on any atom is 0.243 e. The second kappa shape index (κ2) is 7.19. The third-order valence-electron chi connectivity index (χ3n) is 4.12. The van der Waals surface area contributed by atoms with Crippen LogP contribution in [0, 0.1) is 5.82 Å². The van der Waals surface area contributed by atoms with E-state index in [1.807, 2.05) is 0 Å². The highest BCUT2D eigenvalue weighted by atomic mass is 35.5. The molecular formula is C17H18ClFN2O2S. The van der Waals surface area contributed by atoms with Crippen LogP contribution in [0.3, 0.4) is 0 Å². The van der Waals surface area contributed by atoms with E-state index in [2.05, 4.69) is 4.90 Å². The highest BCUT2D eigenvalue weighted by Crippen LogP contribution is 2.21. The first kappa shape index (κ1) is 17.4. The van der Waals surface area contributed by atoms with Crippen molar-refractivity contribution in [3.05, 3.63) is 64.9 Å². The molecule has 24 heavy (non-hydrogen) atoms. The summed E-state index contributed by atoms with van der Waals surface area (Å²) >= 11 is 6.06. The summed E-state index contributed by atoms with van der Waals surface area (Å²) in [6.45, 7) is 2.66. The Balaban J connectivity index is 1.64. The van der Waals surface area contributed by atoms with Crippen LogP contribution in [0.25, 0.3) is 0 Å². The van der Waals surface area contributed by atoms with E-state index in [0.717, 1.165) is 5.56 Å². The predicted molar refractivity (Wildman–Crippen MR) is 91.9 cm³/mol. The highest BCUT2D eigenvalue weighted by Gasteiger charge is 2.28. The Hall–Kier alpha value is -1.47. The minimum Gasteiger partial charge on any atom is -0.296 e. The van der Waals surface area contributed by atoms with E-state index in [1.165, 1.54) is 16.4 Å². The minimum absolute atomic E-state index is 0.319. The van der Waals surface area contributed by atoms with Gasteiger partial charge in [0.25, 0.3) is 0 Å². The van der Waals surface area contributed by atoms with Gasteiger partial charge in [0.15, 0.2) is 0 Å². The predicted octanol–water partition coefficient (Wildman–Crippen LogP) is 2.99. The van der Waals surface area contributed by atoms with Crippen LogP contribution in [-0.4, -0.2) is 43.8 Å². The van der Waals surface area contributed by atoms with E-state index < -0.39 is 10.0 Å². The number of benzene rings is 2. The smallest absolute Gasteiger partial charge is 0.243 e. The molecule has 1 aliphatic heterocycles. The maximum atomic E-state index is 13.1. The minimum atomic E-state index is -3.44. The number of rotatable bonds is 4. The molecule has 4 nitrogen and oxygen atoms in total. The van der Waals surface area contributed by atoms with Crippen molar-refractivity contribution < 1.29 is 12.8 Å². The van der Waals surface area contributed by atoms with Gasteiger partial charge in [-0.1, -0.05) is 35.9 Å². The van der Waals surface area contributed by atoms with E-state index in [4.69, 9.17) is 11.6 Å². The summed E-state index contributed by atoms with van der Waals surface area (Å²) in [6.07, 6.45) is 0. The average Bonchev–Trinajstić information content (AvgIpc) is 2.59. The first-order chi connectivity index (χ1) is 11.5. The van der Waals surface area contributed by atoms with Gasteiger partial charge in [-0.25, -0.2) is 12.8 Å². The van der Waals surface area contributed by atoms with Gasteiger partial charge in [0.05, 0.1) is 4.90 Å². The van der Waals surface area contributed by atoms with Gasteiger partial charge in [-0.2, -0.15) is 4.31 Å². The van der Waals surface area contributed by atoms with Gasteiger partial charge in [-0.3, -0.25) is 4.90 Å². The first-order valence-electron chi connectivity index (χ1n) is 7.68. The fourth-order valence-corrected chi connectivity index (χ4v) is 4.43. The molecule has 1 heterocycles. The van der Waals surface area contributed by atoms with Crippen LogP contribution in [0.2, 0.25) is 5.02 Å². The van der Waals surface area contributed by atoms with Crippen LogP contribution in [0.15, 0.2) is 53.4 Å². The van der Waals surface area contributed by atoms with Crippen molar-refractivity contribution in [3.63, 3.8) is 0 Å². The molecule has 2 aromatic carbocycles. The summed E-state index contributed by atoms with van der Waals surface area (Å²) < 4.78 is 39.8. The molecule has 0 aliphatic carbocycles. The average molecular weight is 369 g/mol. The monoisotopic (exact) mass is 368 g/mol. The van der Waals surface area contributed by atoms with Crippen molar-refractivity contribution in [3.8, 4) is 0 Å². The zero-order valence-electron chi connectivity index (χ0n) is 13.0. The van der Waals surface area contributed by atoms with Crippen LogP contribution >= 0.6 is 11.6 Å². The lowest BCUT2D eigenvalue weighted by Gasteiger charge is -2.34. The Morgan fingerprint density at radius 1 is 1.00 bits per heavy atom. The molecule has 1 saturated heterocycles. The van der Waals surface area contributed by atoms with Crippen molar-refractivity contribution in [2.75, 3.05) is 26.2 Å². The lowest BCUT2D eigenvalue weighted by molar-refractivity contribution is 0.181. The molecule has 0 aromatic heterocycles. The van der Waals surface area contributed by atoms with Crippen molar-refractivity contribution in [2.24, 2.45) is 0 Å². The van der Waals surface area contributed by atoms with E-state index >= 15 is 0 Å². The molecule has 0 spiro atoms.